The molecule has 0 spiro atoms. The minimum atomic E-state index is -0.795. The van der Waals surface area contributed by atoms with E-state index in [0.29, 0.717) is 12.1 Å². The summed E-state index contributed by atoms with van der Waals surface area (Å²) in [5.41, 5.74) is 0. The van der Waals surface area contributed by atoms with Crippen molar-refractivity contribution in [1.82, 2.24) is 5.32 Å². The summed E-state index contributed by atoms with van der Waals surface area (Å²) in [7, 11) is 1.68. The Kier molecular flexibility index (Phi) is 3.05. The molecule has 1 aliphatic rings. The lowest BCUT2D eigenvalue weighted by atomic mass is 9.89. The zero-order valence-corrected chi connectivity index (χ0v) is 7.41. The van der Waals surface area contributed by atoms with Crippen LogP contribution in [0.2, 0.25) is 0 Å². The van der Waals surface area contributed by atoms with E-state index in [9.17, 15) is 4.79 Å². The van der Waals surface area contributed by atoms with Gasteiger partial charge in [0.25, 0.3) is 0 Å². The lowest BCUT2D eigenvalue weighted by molar-refractivity contribution is -0.139. The fourth-order valence-electron chi connectivity index (χ4n) is 1.32. The van der Waals surface area contributed by atoms with Crippen molar-refractivity contribution in [2.45, 2.75) is 38.0 Å². The van der Waals surface area contributed by atoms with Gasteiger partial charge < -0.3 is 15.2 Å². The van der Waals surface area contributed by atoms with Crippen molar-refractivity contribution in [2.24, 2.45) is 0 Å². The van der Waals surface area contributed by atoms with Crippen molar-refractivity contribution < 1.29 is 14.6 Å². The molecule has 1 saturated carbocycles. The summed E-state index contributed by atoms with van der Waals surface area (Å²) in [6.45, 7) is 1.66. The average molecular weight is 173 g/mol. The van der Waals surface area contributed by atoms with Crippen molar-refractivity contribution >= 4 is 5.97 Å². The van der Waals surface area contributed by atoms with Crippen LogP contribution in [-0.4, -0.2) is 36.4 Å². The molecular formula is C8H15NO3. The van der Waals surface area contributed by atoms with Gasteiger partial charge in [-0.05, 0) is 19.8 Å². The standard InChI is InChI=1S/C8H15NO3/c1-5(8(10)11)9-6-3-7(4-6)12-2/h5-7,9H,3-4H2,1-2H3,(H,10,11). The second-order valence-electron chi connectivity index (χ2n) is 3.25. The Morgan fingerprint density at radius 1 is 1.67 bits per heavy atom. The van der Waals surface area contributed by atoms with Crippen LogP contribution < -0.4 is 5.32 Å². The van der Waals surface area contributed by atoms with Gasteiger partial charge in [-0.15, -0.1) is 0 Å². The topological polar surface area (TPSA) is 58.6 Å². The molecule has 0 heterocycles. The molecule has 12 heavy (non-hydrogen) atoms. The van der Waals surface area contributed by atoms with Crippen molar-refractivity contribution in [3.05, 3.63) is 0 Å². The first-order chi connectivity index (χ1) is 5.63. The molecule has 0 aliphatic heterocycles. The van der Waals surface area contributed by atoms with E-state index in [-0.39, 0.29) is 0 Å². The number of hydrogen-bond acceptors (Lipinski definition) is 3. The van der Waals surface area contributed by atoms with E-state index in [1.54, 1.807) is 14.0 Å². The van der Waals surface area contributed by atoms with E-state index in [4.69, 9.17) is 9.84 Å². The molecule has 0 saturated heterocycles. The zero-order valence-electron chi connectivity index (χ0n) is 7.41. The quantitative estimate of drug-likeness (QED) is 0.638. The molecular weight excluding hydrogens is 158 g/mol. The number of rotatable bonds is 4. The number of carboxylic acid groups (broad SMARTS) is 1. The van der Waals surface area contributed by atoms with E-state index >= 15 is 0 Å². The first-order valence-electron chi connectivity index (χ1n) is 4.15. The summed E-state index contributed by atoms with van der Waals surface area (Å²) in [6, 6.07) is -0.131. The Morgan fingerprint density at radius 3 is 2.67 bits per heavy atom. The largest absolute Gasteiger partial charge is 0.480 e. The number of hydrogen-bond donors (Lipinski definition) is 2. The molecule has 4 heteroatoms. The lowest BCUT2D eigenvalue weighted by Gasteiger charge is -2.35. The summed E-state index contributed by atoms with van der Waals surface area (Å²) in [5, 5.41) is 11.6. The molecule has 0 aromatic carbocycles. The summed E-state index contributed by atoms with van der Waals surface area (Å²) in [6.07, 6.45) is 2.17. The van der Waals surface area contributed by atoms with E-state index < -0.39 is 12.0 Å². The Balaban J connectivity index is 2.14. The van der Waals surface area contributed by atoms with Gasteiger partial charge in [0, 0.05) is 13.2 Å². The molecule has 1 aliphatic carbocycles. The van der Waals surface area contributed by atoms with Crippen LogP contribution in [0.1, 0.15) is 19.8 Å². The van der Waals surface area contributed by atoms with Crippen molar-refractivity contribution in [3.8, 4) is 0 Å². The van der Waals surface area contributed by atoms with Crippen molar-refractivity contribution in [2.75, 3.05) is 7.11 Å². The molecule has 70 valence electrons. The number of methoxy groups -OCH3 is 1. The summed E-state index contributed by atoms with van der Waals surface area (Å²) >= 11 is 0. The Labute approximate surface area is 71.9 Å². The molecule has 1 rings (SSSR count). The normalized spacial score (nSPS) is 30.8. The van der Waals surface area contributed by atoms with Crippen LogP contribution in [0.15, 0.2) is 0 Å². The molecule has 0 radical (unpaired) electrons. The Morgan fingerprint density at radius 2 is 2.25 bits per heavy atom. The van der Waals surface area contributed by atoms with E-state index in [1.807, 2.05) is 0 Å². The maximum atomic E-state index is 10.4. The van der Waals surface area contributed by atoms with Gasteiger partial charge in [0.2, 0.25) is 0 Å². The molecule has 1 fully saturated rings. The third kappa shape index (κ3) is 2.19. The van der Waals surface area contributed by atoms with Crippen LogP contribution >= 0.6 is 0 Å². The maximum Gasteiger partial charge on any atom is 0.320 e. The summed E-state index contributed by atoms with van der Waals surface area (Å²) < 4.78 is 5.07. The van der Waals surface area contributed by atoms with Gasteiger partial charge in [-0.25, -0.2) is 0 Å². The van der Waals surface area contributed by atoms with Crippen LogP contribution in [-0.2, 0) is 9.53 Å². The van der Waals surface area contributed by atoms with Crippen LogP contribution in [0.3, 0.4) is 0 Å². The highest BCUT2D eigenvalue weighted by atomic mass is 16.5. The van der Waals surface area contributed by atoms with Crippen LogP contribution in [0.4, 0.5) is 0 Å². The van der Waals surface area contributed by atoms with E-state index in [2.05, 4.69) is 5.32 Å². The molecule has 0 aromatic heterocycles. The molecule has 1 atom stereocenters. The van der Waals surface area contributed by atoms with Gasteiger partial charge in [0.1, 0.15) is 6.04 Å². The summed E-state index contributed by atoms with van der Waals surface area (Å²) in [5.74, 6) is -0.795. The van der Waals surface area contributed by atoms with Crippen molar-refractivity contribution in [3.63, 3.8) is 0 Å². The number of carboxylic acids is 1. The minimum absolute atomic E-state index is 0.320. The number of carbonyl (C=O) groups is 1. The molecule has 0 bridgehead atoms. The predicted octanol–water partition coefficient (Wildman–Crippen LogP) is 0.226. The monoisotopic (exact) mass is 173 g/mol. The molecule has 0 amide bonds. The fourth-order valence-corrected chi connectivity index (χ4v) is 1.32. The predicted molar refractivity (Wildman–Crippen MR) is 44.1 cm³/mol. The fraction of sp³-hybridized carbons (Fsp3) is 0.875. The molecule has 4 nitrogen and oxygen atoms in total. The van der Waals surface area contributed by atoms with Gasteiger partial charge in [-0.1, -0.05) is 0 Å². The highest BCUT2D eigenvalue weighted by Gasteiger charge is 2.30. The highest BCUT2D eigenvalue weighted by Crippen LogP contribution is 2.22. The first kappa shape index (κ1) is 9.48. The Bertz CT molecular complexity index is 166. The van der Waals surface area contributed by atoms with Crippen molar-refractivity contribution in [1.29, 1.82) is 0 Å². The molecule has 2 N–H and O–H groups in total. The van der Waals surface area contributed by atoms with Gasteiger partial charge in [0.05, 0.1) is 6.10 Å². The van der Waals surface area contributed by atoms with Gasteiger partial charge in [0.15, 0.2) is 0 Å². The Hall–Kier alpha value is -0.610. The lowest BCUT2D eigenvalue weighted by Crippen LogP contribution is -2.50. The second-order valence-corrected chi connectivity index (χ2v) is 3.25. The van der Waals surface area contributed by atoms with Crippen LogP contribution in [0.25, 0.3) is 0 Å². The zero-order chi connectivity index (χ0) is 9.14. The number of ether oxygens (including phenoxy) is 1. The third-order valence-corrected chi connectivity index (χ3v) is 2.28. The first-order valence-corrected chi connectivity index (χ1v) is 4.15. The van der Waals surface area contributed by atoms with Crippen LogP contribution in [0.5, 0.6) is 0 Å². The van der Waals surface area contributed by atoms with Gasteiger partial charge >= 0.3 is 5.97 Å². The minimum Gasteiger partial charge on any atom is -0.480 e. The van der Waals surface area contributed by atoms with Crippen LogP contribution in [0, 0.1) is 0 Å². The molecule has 0 aromatic rings. The maximum absolute atomic E-state index is 10.4. The van der Waals surface area contributed by atoms with Gasteiger partial charge in [-0.3, -0.25) is 4.79 Å². The second kappa shape index (κ2) is 3.87. The SMILES string of the molecule is COC1CC(NC(C)C(=O)O)C1. The third-order valence-electron chi connectivity index (χ3n) is 2.28. The van der Waals surface area contributed by atoms with Gasteiger partial charge in [-0.2, -0.15) is 0 Å². The number of nitrogens with one attached hydrogen (secondary N) is 1. The van der Waals surface area contributed by atoms with E-state index in [0.717, 1.165) is 12.8 Å². The summed E-state index contributed by atoms with van der Waals surface area (Å²) in [4.78, 5) is 10.4. The molecule has 1 unspecified atom stereocenters. The van der Waals surface area contributed by atoms with E-state index in [1.165, 1.54) is 0 Å². The highest BCUT2D eigenvalue weighted by molar-refractivity contribution is 5.72. The smallest absolute Gasteiger partial charge is 0.320 e. The average Bonchev–Trinajstić information content (AvgIpc) is 1.94. The number of aliphatic carboxylic acids is 1.